The summed E-state index contributed by atoms with van der Waals surface area (Å²) >= 11 is 24.0. The van der Waals surface area contributed by atoms with E-state index in [4.69, 9.17) is 55.9 Å². The largest absolute Gasteiger partial charge is 0.482 e. The fourth-order valence-electron chi connectivity index (χ4n) is 3.24. The zero-order valence-corrected chi connectivity index (χ0v) is 21.3. The number of hydrogen-bond acceptors (Lipinski definition) is 5. The smallest absolute Gasteiger partial charge is 0.345 e. The number of benzene rings is 4. The molecule has 0 aliphatic carbocycles. The number of nitrogens with one attached hydrogen (secondary N) is 1. The van der Waals surface area contributed by atoms with Crippen LogP contribution < -0.4 is 14.9 Å². The van der Waals surface area contributed by atoms with Gasteiger partial charge < -0.3 is 9.47 Å². The van der Waals surface area contributed by atoms with Crippen molar-refractivity contribution in [2.75, 3.05) is 6.61 Å². The molecule has 0 atom stereocenters. The Morgan fingerprint density at radius 3 is 2.28 bits per heavy atom. The average Bonchev–Trinajstić information content (AvgIpc) is 2.84. The first-order chi connectivity index (χ1) is 17.3. The van der Waals surface area contributed by atoms with Crippen molar-refractivity contribution in [3.63, 3.8) is 0 Å². The van der Waals surface area contributed by atoms with Crippen LogP contribution >= 0.6 is 46.4 Å². The topological polar surface area (TPSA) is 77.0 Å². The molecule has 6 nitrogen and oxygen atoms in total. The number of ether oxygens (including phenoxy) is 2. The maximum absolute atomic E-state index is 12.8. The van der Waals surface area contributed by atoms with Crippen molar-refractivity contribution in [2.45, 2.75) is 0 Å². The quantitative estimate of drug-likeness (QED) is 0.112. The van der Waals surface area contributed by atoms with E-state index in [1.807, 2.05) is 24.3 Å². The highest BCUT2D eigenvalue weighted by Crippen LogP contribution is 2.29. The number of rotatable bonds is 7. The standard InChI is InChI=1S/C26H16Cl4N2O4/c27-16-6-8-19(21(29)11-16)26(34)36-23-9-5-15-3-1-2-4-18(15)20(23)13-31-32-25(33)14-35-24-10-7-17(28)12-22(24)30/h1-13H,14H2,(H,32,33). The number of nitrogens with zero attached hydrogens (tertiary/aromatic N) is 1. The normalized spacial score (nSPS) is 11.0. The molecule has 0 saturated heterocycles. The number of carbonyl (C=O) groups excluding carboxylic acids is 2. The predicted molar refractivity (Wildman–Crippen MR) is 143 cm³/mol. The molecule has 4 aromatic carbocycles. The summed E-state index contributed by atoms with van der Waals surface area (Å²) in [6.45, 7) is -0.328. The molecule has 0 bridgehead atoms. The number of esters is 1. The van der Waals surface area contributed by atoms with E-state index in [1.165, 1.54) is 24.4 Å². The summed E-state index contributed by atoms with van der Waals surface area (Å²) in [7, 11) is 0. The third-order valence-corrected chi connectivity index (χ3v) is 6.00. The number of hydrogen-bond donors (Lipinski definition) is 1. The van der Waals surface area contributed by atoms with Gasteiger partial charge in [-0.05, 0) is 53.2 Å². The number of fused-ring (bicyclic) bond motifs is 1. The number of hydrazone groups is 1. The molecule has 0 aliphatic rings. The van der Waals surface area contributed by atoms with Gasteiger partial charge in [0.25, 0.3) is 5.91 Å². The molecule has 1 amide bonds. The molecule has 0 saturated carbocycles. The van der Waals surface area contributed by atoms with Crippen molar-refractivity contribution in [3.05, 3.63) is 104 Å². The van der Waals surface area contributed by atoms with Gasteiger partial charge in [-0.2, -0.15) is 5.10 Å². The maximum Gasteiger partial charge on any atom is 0.345 e. The minimum absolute atomic E-state index is 0.156. The Morgan fingerprint density at radius 1 is 0.833 bits per heavy atom. The molecule has 0 unspecified atom stereocenters. The van der Waals surface area contributed by atoms with E-state index in [1.54, 1.807) is 30.3 Å². The monoisotopic (exact) mass is 560 g/mol. The Bertz CT molecular complexity index is 1490. The molecular formula is C26H16Cl4N2O4. The van der Waals surface area contributed by atoms with Gasteiger partial charge in [-0.1, -0.05) is 76.7 Å². The third kappa shape index (κ3) is 6.28. The van der Waals surface area contributed by atoms with Crippen molar-refractivity contribution in [1.82, 2.24) is 5.43 Å². The maximum atomic E-state index is 12.8. The Labute approximate surface area is 226 Å². The van der Waals surface area contributed by atoms with Crippen LogP contribution in [0.1, 0.15) is 15.9 Å². The highest BCUT2D eigenvalue weighted by Gasteiger charge is 2.16. The third-order valence-electron chi connectivity index (χ3n) is 4.92. The zero-order chi connectivity index (χ0) is 25.7. The van der Waals surface area contributed by atoms with Crippen LogP contribution in [0.4, 0.5) is 0 Å². The van der Waals surface area contributed by atoms with Gasteiger partial charge in [-0.3, -0.25) is 4.79 Å². The average molecular weight is 562 g/mol. The van der Waals surface area contributed by atoms with Crippen LogP contribution in [0.5, 0.6) is 11.5 Å². The van der Waals surface area contributed by atoms with Crippen LogP contribution in [0, 0.1) is 0 Å². The lowest BCUT2D eigenvalue weighted by atomic mass is 10.0. The van der Waals surface area contributed by atoms with Crippen LogP contribution in [-0.2, 0) is 4.79 Å². The molecule has 36 heavy (non-hydrogen) atoms. The molecule has 4 rings (SSSR count). The van der Waals surface area contributed by atoms with E-state index in [0.29, 0.717) is 21.4 Å². The summed E-state index contributed by atoms with van der Waals surface area (Å²) in [5, 5.41) is 6.95. The van der Waals surface area contributed by atoms with E-state index >= 15 is 0 Å². The van der Waals surface area contributed by atoms with Gasteiger partial charge in [0, 0.05) is 15.6 Å². The minimum atomic E-state index is -0.668. The fraction of sp³-hybridized carbons (Fsp3) is 0.0385. The first-order valence-corrected chi connectivity index (χ1v) is 11.9. The Kier molecular flexibility index (Phi) is 8.33. The first-order valence-electron chi connectivity index (χ1n) is 10.4. The second-order valence-electron chi connectivity index (χ2n) is 7.37. The number of amides is 1. The van der Waals surface area contributed by atoms with Gasteiger partial charge in [-0.15, -0.1) is 0 Å². The van der Waals surface area contributed by atoms with Crippen LogP contribution in [-0.4, -0.2) is 24.7 Å². The lowest BCUT2D eigenvalue weighted by Gasteiger charge is -2.11. The van der Waals surface area contributed by atoms with Crippen molar-refractivity contribution in [1.29, 1.82) is 0 Å². The van der Waals surface area contributed by atoms with Gasteiger partial charge in [-0.25, -0.2) is 10.2 Å². The molecule has 4 aromatic rings. The van der Waals surface area contributed by atoms with Gasteiger partial charge >= 0.3 is 5.97 Å². The zero-order valence-electron chi connectivity index (χ0n) is 18.3. The minimum Gasteiger partial charge on any atom is -0.482 e. The lowest BCUT2D eigenvalue weighted by molar-refractivity contribution is -0.123. The van der Waals surface area contributed by atoms with Gasteiger partial charge in [0.2, 0.25) is 0 Å². The molecular weight excluding hydrogens is 546 g/mol. The van der Waals surface area contributed by atoms with Crippen LogP contribution in [0.2, 0.25) is 20.1 Å². The van der Waals surface area contributed by atoms with E-state index in [9.17, 15) is 9.59 Å². The molecule has 0 heterocycles. The molecule has 0 radical (unpaired) electrons. The van der Waals surface area contributed by atoms with E-state index in [-0.39, 0.29) is 28.0 Å². The van der Waals surface area contributed by atoms with Gasteiger partial charge in [0.05, 0.1) is 21.8 Å². The molecule has 0 aliphatic heterocycles. The molecule has 0 fully saturated rings. The summed E-state index contributed by atoms with van der Waals surface area (Å²) in [5.74, 6) is -0.654. The summed E-state index contributed by atoms with van der Waals surface area (Å²) < 4.78 is 11.0. The summed E-state index contributed by atoms with van der Waals surface area (Å²) in [4.78, 5) is 25.0. The number of carbonyl (C=O) groups is 2. The fourth-order valence-corrected chi connectivity index (χ4v) is 4.19. The van der Waals surface area contributed by atoms with E-state index in [2.05, 4.69) is 10.5 Å². The van der Waals surface area contributed by atoms with Crippen molar-refractivity contribution in [2.24, 2.45) is 5.10 Å². The van der Waals surface area contributed by atoms with Crippen LogP contribution in [0.3, 0.4) is 0 Å². The second kappa shape index (κ2) is 11.6. The number of halogens is 4. The SMILES string of the molecule is O=C(COc1ccc(Cl)cc1Cl)NN=Cc1c(OC(=O)c2ccc(Cl)cc2Cl)ccc2ccccc12. The first kappa shape index (κ1) is 25.8. The van der Waals surface area contributed by atoms with E-state index in [0.717, 1.165) is 10.8 Å². The van der Waals surface area contributed by atoms with Gasteiger partial charge in [0.15, 0.2) is 6.61 Å². The van der Waals surface area contributed by atoms with Crippen LogP contribution in [0.15, 0.2) is 77.9 Å². The lowest BCUT2D eigenvalue weighted by Crippen LogP contribution is -2.24. The Morgan fingerprint density at radius 2 is 1.53 bits per heavy atom. The Hall–Kier alpha value is -3.29. The molecule has 10 heteroatoms. The van der Waals surface area contributed by atoms with Crippen molar-refractivity contribution >= 4 is 75.3 Å². The Balaban J connectivity index is 1.52. The highest BCUT2D eigenvalue weighted by molar-refractivity contribution is 6.36. The molecule has 1 N–H and O–H groups in total. The molecule has 0 aromatic heterocycles. The molecule has 182 valence electrons. The van der Waals surface area contributed by atoms with E-state index < -0.39 is 11.9 Å². The highest BCUT2D eigenvalue weighted by atomic mass is 35.5. The van der Waals surface area contributed by atoms with Crippen LogP contribution in [0.25, 0.3) is 10.8 Å². The van der Waals surface area contributed by atoms with Crippen molar-refractivity contribution in [3.8, 4) is 11.5 Å². The summed E-state index contributed by atoms with van der Waals surface area (Å²) in [6, 6.07) is 20.0. The second-order valence-corrected chi connectivity index (χ2v) is 9.06. The summed E-state index contributed by atoms with van der Waals surface area (Å²) in [6.07, 6.45) is 1.39. The summed E-state index contributed by atoms with van der Waals surface area (Å²) in [5.41, 5.74) is 3.02. The van der Waals surface area contributed by atoms with Crippen molar-refractivity contribution < 1.29 is 19.1 Å². The predicted octanol–water partition coefficient (Wildman–Crippen LogP) is 7.20. The molecule has 0 spiro atoms. The van der Waals surface area contributed by atoms with Gasteiger partial charge in [0.1, 0.15) is 11.5 Å².